The number of benzene rings is 1. The molecule has 0 aliphatic carbocycles. The highest BCUT2D eigenvalue weighted by molar-refractivity contribution is 7.98. The summed E-state index contributed by atoms with van der Waals surface area (Å²) in [6.45, 7) is 11.9. The monoisotopic (exact) mass is 591 g/mol. The average molecular weight is 592 g/mol. The largest absolute Gasteiger partial charge is 0.354 e. The normalized spacial score (nSPS) is 14.4. The highest BCUT2D eigenvalue weighted by Gasteiger charge is 2.39. The van der Waals surface area contributed by atoms with Crippen LogP contribution in [0.15, 0.2) is 30.3 Å². The Morgan fingerprint density at radius 3 is 1.88 bits per heavy atom. The Labute approximate surface area is 251 Å². The molecule has 0 saturated carbocycles. The van der Waals surface area contributed by atoms with Crippen molar-refractivity contribution < 1.29 is 19.2 Å². The van der Waals surface area contributed by atoms with Gasteiger partial charge < -0.3 is 25.8 Å². The highest BCUT2D eigenvalue weighted by Crippen LogP contribution is 2.19. The lowest BCUT2D eigenvalue weighted by molar-refractivity contribution is -0.151. The van der Waals surface area contributed by atoms with Crippen LogP contribution in [0.25, 0.3) is 0 Å². The molecule has 0 unspecified atom stereocenters. The molecule has 41 heavy (non-hydrogen) atoms. The minimum absolute atomic E-state index is 0.0383. The zero-order valence-corrected chi connectivity index (χ0v) is 27.5. The summed E-state index contributed by atoms with van der Waals surface area (Å²) in [4.78, 5) is 56.9. The Hall–Kier alpha value is -2.59. The molecule has 4 atom stereocenters. The molecule has 0 aromatic heterocycles. The van der Waals surface area contributed by atoms with Gasteiger partial charge in [0.15, 0.2) is 0 Å². The van der Waals surface area contributed by atoms with Crippen molar-refractivity contribution in [2.75, 3.05) is 39.7 Å². The third-order valence-corrected chi connectivity index (χ3v) is 8.05. The highest BCUT2D eigenvalue weighted by atomic mass is 32.2. The van der Waals surface area contributed by atoms with Crippen molar-refractivity contribution in [3.05, 3.63) is 35.9 Å². The maximum atomic E-state index is 13.9. The first-order chi connectivity index (χ1) is 19.3. The summed E-state index contributed by atoms with van der Waals surface area (Å²) in [5, 5.41) is 8.93. The van der Waals surface area contributed by atoms with Gasteiger partial charge in [-0.2, -0.15) is 11.8 Å². The predicted molar refractivity (Wildman–Crippen MR) is 169 cm³/mol. The van der Waals surface area contributed by atoms with Crippen molar-refractivity contribution in [2.24, 2.45) is 17.8 Å². The van der Waals surface area contributed by atoms with Crippen LogP contribution in [-0.4, -0.2) is 97.3 Å². The van der Waals surface area contributed by atoms with Gasteiger partial charge >= 0.3 is 0 Å². The van der Waals surface area contributed by atoms with Gasteiger partial charge in [0.2, 0.25) is 23.6 Å². The summed E-state index contributed by atoms with van der Waals surface area (Å²) >= 11 is 1.61. The molecular weight excluding hydrogens is 538 g/mol. The maximum absolute atomic E-state index is 13.9. The molecule has 0 heterocycles. The molecular formula is C31H53N5O4S. The number of hydrogen-bond donors (Lipinski definition) is 3. The Balaban J connectivity index is 3.12. The predicted octanol–water partition coefficient (Wildman–Crippen LogP) is 2.79. The number of rotatable bonds is 17. The lowest BCUT2D eigenvalue weighted by Gasteiger charge is -2.38. The van der Waals surface area contributed by atoms with Crippen molar-refractivity contribution in [2.45, 2.75) is 78.6 Å². The van der Waals surface area contributed by atoms with E-state index in [1.165, 1.54) is 9.80 Å². The Bertz CT molecular complexity index is 973. The maximum Gasteiger partial charge on any atom is 0.246 e. The third-order valence-electron chi connectivity index (χ3n) is 7.41. The first-order valence-electron chi connectivity index (χ1n) is 14.6. The lowest BCUT2D eigenvalue weighted by Crippen LogP contribution is -2.61. The van der Waals surface area contributed by atoms with Crippen molar-refractivity contribution in [1.82, 2.24) is 25.8 Å². The molecule has 0 saturated heterocycles. The molecule has 0 aliphatic heterocycles. The van der Waals surface area contributed by atoms with Gasteiger partial charge in [0.25, 0.3) is 0 Å². The topological polar surface area (TPSA) is 111 Å². The molecule has 232 valence electrons. The number of carbonyl (C=O) groups is 4. The Morgan fingerprint density at radius 2 is 1.39 bits per heavy atom. The smallest absolute Gasteiger partial charge is 0.246 e. The van der Waals surface area contributed by atoms with Crippen LogP contribution in [-0.2, 0) is 25.6 Å². The Kier molecular flexibility index (Phi) is 16.0. The van der Waals surface area contributed by atoms with E-state index >= 15 is 0 Å². The van der Waals surface area contributed by atoms with Crippen molar-refractivity contribution >= 4 is 35.4 Å². The molecule has 0 fully saturated rings. The van der Waals surface area contributed by atoms with Gasteiger partial charge in [0, 0.05) is 20.6 Å². The third kappa shape index (κ3) is 11.0. The summed E-state index contributed by atoms with van der Waals surface area (Å²) < 4.78 is 0. The zero-order chi connectivity index (χ0) is 31.3. The molecule has 1 rings (SSSR count). The van der Waals surface area contributed by atoms with Gasteiger partial charge in [0.05, 0.1) is 6.04 Å². The fraction of sp³-hybridized carbons (Fsp3) is 0.677. The molecule has 3 N–H and O–H groups in total. The van der Waals surface area contributed by atoms with Crippen molar-refractivity contribution in [3.63, 3.8) is 0 Å². The van der Waals surface area contributed by atoms with E-state index in [1.54, 1.807) is 32.9 Å². The van der Waals surface area contributed by atoms with Crippen LogP contribution < -0.4 is 16.0 Å². The van der Waals surface area contributed by atoms with Crippen LogP contribution in [0.5, 0.6) is 0 Å². The first kappa shape index (κ1) is 36.4. The quantitative estimate of drug-likeness (QED) is 0.257. The van der Waals surface area contributed by atoms with E-state index in [4.69, 9.17) is 0 Å². The minimum atomic E-state index is -0.801. The van der Waals surface area contributed by atoms with Gasteiger partial charge in [-0.15, -0.1) is 0 Å². The molecule has 0 radical (unpaired) electrons. The van der Waals surface area contributed by atoms with Crippen LogP contribution in [0.3, 0.4) is 0 Å². The summed E-state index contributed by atoms with van der Waals surface area (Å²) in [7, 11) is 4.96. The molecule has 0 bridgehead atoms. The van der Waals surface area contributed by atoms with Crippen LogP contribution >= 0.6 is 11.8 Å². The number of nitrogens with zero attached hydrogens (tertiary/aromatic N) is 2. The summed E-state index contributed by atoms with van der Waals surface area (Å²) in [5.41, 5.74) is 1.12. The molecule has 1 aromatic rings. The van der Waals surface area contributed by atoms with Gasteiger partial charge in [-0.25, -0.2) is 0 Å². The number of carbonyl (C=O) groups excluding carboxylic acids is 4. The number of thioether (sulfide) groups is 1. The lowest BCUT2D eigenvalue weighted by atomic mass is 9.96. The van der Waals surface area contributed by atoms with Crippen molar-refractivity contribution in [1.29, 1.82) is 0 Å². The summed E-state index contributed by atoms with van der Waals surface area (Å²) in [5.74, 6) is -0.756. The number of hydrogen-bond acceptors (Lipinski definition) is 6. The van der Waals surface area contributed by atoms with Gasteiger partial charge in [-0.05, 0) is 55.2 Å². The SMILES string of the molecule is CN[C@H](C(=O)N[C@H](C(=O)N(C)[C@H](C(=O)N(C)[C@@H](CCSC)C(=O)NCCc1ccccc1)C(C)C)C(C)C)C(C)C. The van der Waals surface area contributed by atoms with Crippen LogP contribution in [0, 0.1) is 17.8 Å². The fourth-order valence-electron chi connectivity index (χ4n) is 4.96. The van der Waals surface area contributed by atoms with Crippen molar-refractivity contribution in [3.8, 4) is 0 Å². The summed E-state index contributed by atoms with van der Waals surface area (Å²) in [6.07, 6.45) is 3.15. The summed E-state index contributed by atoms with van der Waals surface area (Å²) in [6, 6.07) is 7.21. The molecule has 0 spiro atoms. The van der Waals surface area contributed by atoms with Crippen LogP contribution in [0.1, 0.15) is 53.5 Å². The van der Waals surface area contributed by atoms with E-state index in [0.717, 1.165) is 5.56 Å². The average Bonchev–Trinajstić information content (AvgIpc) is 2.91. The van der Waals surface area contributed by atoms with E-state index in [0.29, 0.717) is 25.1 Å². The number of likely N-dealkylation sites (N-methyl/N-ethyl adjacent to an activating group) is 3. The van der Waals surface area contributed by atoms with E-state index in [-0.39, 0.29) is 41.4 Å². The van der Waals surface area contributed by atoms with E-state index < -0.39 is 24.2 Å². The second kappa shape index (κ2) is 18.1. The van der Waals surface area contributed by atoms with Crippen LogP contribution in [0.4, 0.5) is 0 Å². The molecule has 9 nitrogen and oxygen atoms in total. The second-order valence-corrected chi connectivity index (χ2v) is 12.6. The van der Waals surface area contributed by atoms with Crippen LogP contribution in [0.2, 0.25) is 0 Å². The van der Waals surface area contributed by atoms with Gasteiger partial charge in [-0.1, -0.05) is 71.9 Å². The molecule has 10 heteroatoms. The van der Waals surface area contributed by atoms with Gasteiger partial charge in [0.1, 0.15) is 18.1 Å². The number of nitrogens with one attached hydrogen (secondary N) is 3. The van der Waals surface area contributed by atoms with E-state index in [2.05, 4.69) is 16.0 Å². The fourth-order valence-corrected chi connectivity index (χ4v) is 5.42. The molecule has 1 aromatic carbocycles. The zero-order valence-electron chi connectivity index (χ0n) is 26.7. The van der Waals surface area contributed by atoms with E-state index in [9.17, 15) is 19.2 Å². The molecule has 0 aliphatic rings. The van der Waals surface area contributed by atoms with Gasteiger partial charge in [-0.3, -0.25) is 19.2 Å². The second-order valence-electron chi connectivity index (χ2n) is 11.7. The standard InChI is InChI=1S/C31H53N5O4S/c1-20(2)25(32-7)29(38)34-26(21(3)4)30(39)36(9)27(22(5)6)31(40)35(8)24(17-19-41-10)28(37)33-18-16-23-14-12-11-13-15-23/h11-15,20-22,24-27,32H,16-19H2,1-10H3,(H,33,37)(H,34,38)/t24-,25-,26-,27-/m0/s1. The minimum Gasteiger partial charge on any atom is -0.354 e. The molecule has 4 amide bonds. The Morgan fingerprint density at radius 1 is 0.805 bits per heavy atom. The first-order valence-corrected chi connectivity index (χ1v) is 16.0. The number of amides is 4. The van der Waals surface area contributed by atoms with E-state index in [1.807, 2.05) is 78.1 Å².